The summed E-state index contributed by atoms with van der Waals surface area (Å²) in [7, 11) is 1.67. The lowest BCUT2D eigenvalue weighted by molar-refractivity contribution is 0.0771. The molecule has 1 aliphatic heterocycles. The molecule has 1 aliphatic rings. The van der Waals surface area contributed by atoms with E-state index in [1.807, 2.05) is 73.4 Å². The Morgan fingerprint density at radius 2 is 1.70 bits per heavy atom. The van der Waals surface area contributed by atoms with Crippen molar-refractivity contribution in [2.24, 2.45) is 5.10 Å². The number of allylic oxidation sites excluding steroid dienone is 2. The van der Waals surface area contributed by atoms with Crippen molar-refractivity contribution < 1.29 is 14.3 Å². The molecule has 0 saturated heterocycles. The molecule has 208 valence electrons. The zero-order valence-electron chi connectivity index (χ0n) is 24.0. The predicted octanol–water partition coefficient (Wildman–Crippen LogP) is 5.82. The molecule has 7 nitrogen and oxygen atoms in total. The van der Waals surface area contributed by atoms with Crippen molar-refractivity contribution in [1.29, 1.82) is 0 Å². The van der Waals surface area contributed by atoms with Gasteiger partial charge in [0.1, 0.15) is 5.75 Å². The van der Waals surface area contributed by atoms with Gasteiger partial charge in [-0.2, -0.15) is 5.10 Å². The highest BCUT2D eigenvalue weighted by atomic mass is 16.5. The predicted molar refractivity (Wildman–Crippen MR) is 161 cm³/mol. The van der Waals surface area contributed by atoms with E-state index in [1.165, 1.54) is 0 Å². The normalized spacial score (nSPS) is 17.2. The maximum atomic E-state index is 13.5. The second-order valence-corrected chi connectivity index (χ2v) is 9.91. The number of ether oxygens (including phenoxy) is 1. The Hall–Kier alpha value is -4.39. The zero-order chi connectivity index (χ0) is 28.7. The summed E-state index contributed by atoms with van der Waals surface area (Å²) in [6.07, 6.45) is 4.19. The molecule has 0 saturated carbocycles. The van der Waals surface area contributed by atoms with Crippen LogP contribution in [0.25, 0.3) is 0 Å². The molecule has 1 atom stereocenters. The number of nitrogens with zero attached hydrogens (tertiary/aromatic N) is 3. The fraction of sp³-hybridized carbons (Fsp3) is 0.303. The minimum absolute atomic E-state index is 0.0381. The Bertz CT molecular complexity index is 1410. The quantitative estimate of drug-likeness (QED) is 0.261. The number of rotatable bonds is 10. The molecule has 0 bridgehead atoms. The summed E-state index contributed by atoms with van der Waals surface area (Å²) in [4.78, 5) is 30.1. The van der Waals surface area contributed by atoms with Crippen LogP contribution in [0.2, 0.25) is 0 Å². The first-order valence-corrected chi connectivity index (χ1v) is 13.8. The minimum atomic E-state index is -0.491. The number of hydrazone groups is 1. The number of carbonyl (C=O) groups is 2. The average Bonchev–Trinajstić information content (AvgIpc) is 3.22. The van der Waals surface area contributed by atoms with Crippen LogP contribution >= 0.6 is 0 Å². The molecule has 40 heavy (non-hydrogen) atoms. The van der Waals surface area contributed by atoms with Crippen molar-refractivity contribution in [3.8, 4) is 5.75 Å². The van der Waals surface area contributed by atoms with Gasteiger partial charge in [0.2, 0.25) is 0 Å². The number of fused-ring (bicyclic) bond motifs is 1. The molecule has 3 aromatic rings. The van der Waals surface area contributed by atoms with E-state index in [1.54, 1.807) is 25.5 Å². The summed E-state index contributed by atoms with van der Waals surface area (Å²) >= 11 is 0. The van der Waals surface area contributed by atoms with Crippen LogP contribution in [-0.4, -0.2) is 49.7 Å². The van der Waals surface area contributed by atoms with Gasteiger partial charge in [0, 0.05) is 53.8 Å². The number of amides is 2. The van der Waals surface area contributed by atoms with Crippen molar-refractivity contribution in [2.75, 3.05) is 31.6 Å². The van der Waals surface area contributed by atoms with Gasteiger partial charge in [0.25, 0.3) is 11.8 Å². The fourth-order valence-electron chi connectivity index (χ4n) is 5.49. The minimum Gasteiger partial charge on any atom is -0.497 e. The molecule has 0 spiro atoms. The molecule has 4 rings (SSSR count). The number of hydrogen-bond acceptors (Lipinski definition) is 5. The van der Waals surface area contributed by atoms with Gasteiger partial charge in [-0.25, -0.2) is 5.43 Å². The summed E-state index contributed by atoms with van der Waals surface area (Å²) in [5.41, 5.74) is 7.60. The van der Waals surface area contributed by atoms with E-state index >= 15 is 0 Å². The van der Waals surface area contributed by atoms with Crippen LogP contribution in [0.5, 0.6) is 5.75 Å². The van der Waals surface area contributed by atoms with Gasteiger partial charge >= 0.3 is 0 Å². The smallest absolute Gasteiger partial charge is 0.271 e. The third-order valence-corrected chi connectivity index (χ3v) is 7.61. The molecule has 0 aliphatic carbocycles. The van der Waals surface area contributed by atoms with Gasteiger partial charge in [-0.1, -0.05) is 36.4 Å². The molecule has 3 aromatic carbocycles. The average molecular weight is 539 g/mol. The third-order valence-electron chi connectivity index (χ3n) is 7.61. The lowest BCUT2D eigenvalue weighted by Gasteiger charge is -2.31. The molecule has 1 N–H and O–H groups in total. The first kappa shape index (κ1) is 28.6. The molecular formula is C33H38N4O3. The Labute approximate surface area is 237 Å². The highest BCUT2D eigenvalue weighted by Crippen LogP contribution is 2.50. The highest BCUT2D eigenvalue weighted by molar-refractivity contribution is 5.96. The van der Waals surface area contributed by atoms with Crippen molar-refractivity contribution in [3.63, 3.8) is 0 Å². The van der Waals surface area contributed by atoms with Crippen molar-refractivity contribution in [3.05, 3.63) is 107 Å². The summed E-state index contributed by atoms with van der Waals surface area (Å²) in [6.45, 7) is 10.4. The number of hydrogen-bond donors (Lipinski definition) is 1. The first-order chi connectivity index (χ1) is 19.4. The van der Waals surface area contributed by atoms with E-state index < -0.39 is 5.41 Å². The van der Waals surface area contributed by atoms with Crippen molar-refractivity contribution in [1.82, 2.24) is 10.3 Å². The Balaban J connectivity index is 1.75. The molecular weight excluding hydrogens is 500 g/mol. The molecule has 0 aromatic heterocycles. The molecule has 0 radical (unpaired) electrons. The van der Waals surface area contributed by atoms with E-state index in [4.69, 9.17) is 4.74 Å². The van der Waals surface area contributed by atoms with Crippen LogP contribution < -0.4 is 15.1 Å². The van der Waals surface area contributed by atoms with E-state index in [0.717, 1.165) is 40.4 Å². The first-order valence-electron chi connectivity index (χ1n) is 13.8. The number of anilines is 1. The largest absolute Gasteiger partial charge is 0.497 e. The molecule has 2 amide bonds. The van der Waals surface area contributed by atoms with Crippen molar-refractivity contribution >= 4 is 23.7 Å². The standard InChI is InChI=1S/C33H38N4O3/c1-6-36(7-2)32(39)27-17-13-12-16-25(27)23-33(4)28-22-26(40-5)18-19-29(28)37(8-3)30(33)20-21-34-35-31(38)24-14-10-9-11-15-24/h9-22H,6-8,23H2,1-5H3,(H,35,38)/b30-20-,34-21+. The Morgan fingerprint density at radius 3 is 2.38 bits per heavy atom. The van der Waals surface area contributed by atoms with Crippen LogP contribution in [-0.2, 0) is 11.8 Å². The molecule has 0 fully saturated rings. The van der Waals surface area contributed by atoms with Crippen LogP contribution in [0.3, 0.4) is 0 Å². The molecule has 7 heteroatoms. The van der Waals surface area contributed by atoms with Crippen LogP contribution in [0, 0.1) is 0 Å². The second-order valence-electron chi connectivity index (χ2n) is 9.91. The fourth-order valence-corrected chi connectivity index (χ4v) is 5.49. The lowest BCUT2D eigenvalue weighted by atomic mass is 9.75. The van der Waals surface area contributed by atoms with E-state index in [0.29, 0.717) is 25.1 Å². The summed E-state index contributed by atoms with van der Waals surface area (Å²) in [5.74, 6) is 0.545. The molecule has 1 unspecified atom stereocenters. The van der Waals surface area contributed by atoms with Gasteiger partial charge < -0.3 is 14.5 Å². The van der Waals surface area contributed by atoms with Crippen molar-refractivity contribution in [2.45, 2.75) is 39.5 Å². The maximum Gasteiger partial charge on any atom is 0.271 e. The SMILES string of the molecule is CCN(CC)C(=O)c1ccccc1CC1(C)/C(=C/C=N/NC(=O)c2ccccc2)N(CC)c2ccc(OC)cc21. The van der Waals surface area contributed by atoms with E-state index in [2.05, 4.69) is 41.4 Å². The van der Waals surface area contributed by atoms with Gasteiger partial charge in [-0.05, 0) is 87.7 Å². The highest BCUT2D eigenvalue weighted by Gasteiger charge is 2.44. The van der Waals surface area contributed by atoms with Gasteiger partial charge in [0.15, 0.2) is 0 Å². The van der Waals surface area contributed by atoms with Gasteiger partial charge in [-0.3, -0.25) is 9.59 Å². The van der Waals surface area contributed by atoms with E-state index in [-0.39, 0.29) is 11.8 Å². The zero-order valence-corrected chi connectivity index (χ0v) is 24.0. The number of carbonyl (C=O) groups excluding carboxylic acids is 2. The monoisotopic (exact) mass is 538 g/mol. The Kier molecular flexibility index (Phi) is 9.04. The van der Waals surface area contributed by atoms with Crippen LogP contribution in [0.1, 0.15) is 59.5 Å². The number of benzene rings is 3. The van der Waals surface area contributed by atoms with Crippen LogP contribution in [0.4, 0.5) is 5.69 Å². The summed E-state index contributed by atoms with van der Waals surface area (Å²) < 4.78 is 5.60. The van der Waals surface area contributed by atoms with Gasteiger partial charge in [-0.15, -0.1) is 0 Å². The number of likely N-dealkylation sites (N-methyl/N-ethyl adjacent to an activating group) is 1. The Morgan fingerprint density at radius 1 is 1.00 bits per heavy atom. The maximum absolute atomic E-state index is 13.5. The van der Waals surface area contributed by atoms with E-state index in [9.17, 15) is 9.59 Å². The second kappa shape index (κ2) is 12.6. The third kappa shape index (κ3) is 5.64. The summed E-state index contributed by atoms with van der Waals surface area (Å²) in [5, 5.41) is 4.23. The van der Waals surface area contributed by atoms with Gasteiger partial charge in [0.05, 0.1) is 7.11 Å². The topological polar surface area (TPSA) is 74.2 Å². The summed E-state index contributed by atoms with van der Waals surface area (Å²) in [6, 6.07) is 23.0. The molecule has 1 heterocycles. The number of methoxy groups -OCH3 is 1. The van der Waals surface area contributed by atoms with Crippen LogP contribution in [0.15, 0.2) is 89.7 Å². The number of nitrogens with one attached hydrogen (secondary N) is 1. The lowest BCUT2D eigenvalue weighted by Crippen LogP contribution is -2.34.